The summed E-state index contributed by atoms with van der Waals surface area (Å²) in [6.45, 7) is -2.13. The summed E-state index contributed by atoms with van der Waals surface area (Å²) < 4.78 is 64.2. The third-order valence-corrected chi connectivity index (χ3v) is 4.32. The number of rotatable bonds is 8. The number of para-hydroxylation sites is 2. The van der Waals surface area contributed by atoms with Crippen LogP contribution >= 0.6 is 0 Å². The average Bonchev–Trinajstić information content (AvgIpc) is 3.13. The summed E-state index contributed by atoms with van der Waals surface area (Å²) in [5, 5.41) is -0.106. The van der Waals surface area contributed by atoms with Crippen LogP contribution in [-0.4, -0.2) is 39.8 Å². The summed E-state index contributed by atoms with van der Waals surface area (Å²) in [7, 11) is 1.54. The van der Waals surface area contributed by atoms with Crippen LogP contribution in [0.5, 0.6) is 5.75 Å². The molecule has 2 heterocycles. The second-order valence-electron chi connectivity index (χ2n) is 5.16. The Balaban J connectivity index is 2.01. The highest BCUT2D eigenvalue weighted by molar-refractivity contribution is 7.90. The van der Waals surface area contributed by atoms with E-state index in [9.17, 15) is 4.55 Å². The van der Waals surface area contributed by atoms with Gasteiger partial charge in [0.05, 0.1) is 26.1 Å². The number of aromatic nitrogens is 3. The first-order valence-corrected chi connectivity index (χ1v) is 8.79. The van der Waals surface area contributed by atoms with E-state index in [0.717, 1.165) is 0 Å². The zero-order valence-electron chi connectivity index (χ0n) is 18.6. The van der Waals surface area contributed by atoms with E-state index in [2.05, 4.69) is 15.0 Å². The molecule has 2 aromatic heterocycles. The van der Waals surface area contributed by atoms with Crippen LogP contribution in [0, 0.1) is 6.85 Å². The van der Waals surface area contributed by atoms with E-state index in [-0.39, 0.29) is 17.5 Å². The third kappa shape index (κ3) is 4.31. The summed E-state index contributed by atoms with van der Waals surface area (Å²) in [6, 6.07) is 8.30. The molecule has 6 nitrogen and oxygen atoms in total. The molecular formula is C18H21N3O3S. The molecule has 1 aromatic carbocycles. The molecule has 0 fully saturated rings. The summed E-state index contributed by atoms with van der Waals surface area (Å²) in [5.74, 6) is -0.0263. The van der Waals surface area contributed by atoms with Crippen LogP contribution in [0.15, 0.2) is 41.7 Å². The molecule has 0 bridgehead atoms. The van der Waals surface area contributed by atoms with Gasteiger partial charge < -0.3 is 14.0 Å². The molecule has 1 atom stereocenters. The molecule has 1 unspecified atom stereocenters. The first-order chi connectivity index (χ1) is 14.2. The lowest BCUT2D eigenvalue weighted by Crippen LogP contribution is -2.10. The molecule has 0 aliphatic carbocycles. The van der Waals surface area contributed by atoms with Crippen molar-refractivity contribution in [3.8, 4) is 5.75 Å². The maximum absolute atomic E-state index is 13.1. The Morgan fingerprint density at radius 3 is 3.00 bits per heavy atom. The molecule has 0 spiro atoms. The number of ether oxygens (including phenoxy) is 2. The number of aromatic amines is 1. The first kappa shape index (κ1) is 12.3. The number of H-pyrrole nitrogens is 1. The molecule has 7 heteroatoms. The van der Waals surface area contributed by atoms with Crippen LogP contribution in [0.1, 0.15) is 24.5 Å². The number of benzene rings is 1. The standard InChI is InChI=1S/C18H21N3O3S/c1-13-16(19-9-8-17(13)24-11-5-10-23-2)12-25(22)18-20-14-6-3-4-7-15(14)21-18/h3-4,6-9H,5,10-12H2,1-2H3,(H,20,21)/i1D3,12D2. The van der Waals surface area contributed by atoms with Crippen molar-refractivity contribution in [3.63, 3.8) is 0 Å². The van der Waals surface area contributed by atoms with Gasteiger partial charge in [0.2, 0.25) is 0 Å². The maximum atomic E-state index is 13.1. The Bertz CT molecular complexity index is 979. The highest BCUT2D eigenvalue weighted by Gasteiger charge is 2.20. The van der Waals surface area contributed by atoms with Crippen molar-refractivity contribution < 1.29 is 20.9 Å². The lowest BCUT2D eigenvalue weighted by molar-refractivity contribution is 0.172. The average molecular weight is 364 g/mol. The molecule has 0 saturated carbocycles. The third-order valence-electron chi connectivity index (χ3n) is 3.40. The van der Waals surface area contributed by atoms with Gasteiger partial charge in [0.1, 0.15) is 5.75 Å². The number of hydrogen-bond acceptors (Lipinski definition) is 5. The van der Waals surface area contributed by atoms with Gasteiger partial charge in [0, 0.05) is 47.2 Å². The van der Waals surface area contributed by atoms with Gasteiger partial charge in [-0.2, -0.15) is 4.98 Å². The molecule has 25 heavy (non-hydrogen) atoms. The van der Waals surface area contributed by atoms with Gasteiger partial charge >= 0.3 is 5.16 Å². The Morgan fingerprint density at radius 2 is 2.20 bits per heavy atom. The minimum Gasteiger partial charge on any atom is -0.609 e. The zero-order chi connectivity index (χ0) is 21.9. The Morgan fingerprint density at radius 1 is 1.32 bits per heavy atom. The fourth-order valence-corrected chi connectivity index (χ4v) is 2.99. The molecule has 0 radical (unpaired) electrons. The van der Waals surface area contributed by atoms with Crippen molar-refractivity contribution >= 4 is 22.2 Å². The van der Waals surface area contributed by atoms with E-state index in [1.165, 1.54) is 12.3 Å². The number of pyridine rings is 1. The molecular weight excluding hydrogens is 338 g/mol. The van der Waals surface area contributed by atoms with Gasteiger partial charge in [-0.05, 0) is 25.1 Å². The number of methoxy groups -OCH3 is 1. The van der Waals surface area contributed by atoms with Crippen LogP contribution in [0.3, 0.4) is 0 Å². The van der Waals surface area contributed by atoms with Crippen molar-refractivity contribution in [2.24, 2.45) is 0 Å². The second-order valence-corrected chi connectivity index (χ2v) is 6.29. The lowest BCUT2D eigenvalue weighted by atomic mass is 10.2. The zero-order valence-corrected chi connectivity index (χ0v) is 14.4. The van der Waals surface area contributed by atoms with E-state index in [1.807, 2.05) is 0 Å². The van der Waals surface area contributed by atoms with Gasteiger partial charge in [0.25, 0.3) is 0 Å². The monoisotopic (exact) mass is 364 g/mol. The molecule has 0 aliphatic heterocycles. The summed E-state index contributed by atoms with van der Waals surface area (Å²) in [6.07, 6.45) is 1.76. The van der Waals surface area contributed by atoms with Crippen molar-refractivity contribution in [2.75, 3.05) is 20.3 Å². The van der Waals surface area contributed by atoms with E-state index >= 15 is 0 Å². The normalized spacial score (nSPS) is 16.5. The second kappa shape index (κ2) is 8.33. The van der Waals surface area contributed by atoms with Gasteiger partial charge in [-0.1, -0.05) is 12.1 Å². The van der Waals surface area contributed by atoms with Crippen LogP contribution < -0.4 is 4.74 Å². The van der Waals surface area contributed by atoms with Crippen LogP contribution in [-0.2, 0) is 21.6 Å². The van der Waals surface area contributed by atoms with Crippen molar-refractivity contribution in [2.45, 2.75) is 24.1 Å². The molecule has 3 aromatic rings. The fraction of sp³-hybridized carbons (Fsp3) is 0.333. The largest absolute Gasteiger partial charge is 0.609 e. The highest BCUT2D eigenvalue weighted by Crippen LogP contribution is 2.24. The Hall–Kier alpha value is -2.09. The van der Waals surface area contributed by atoms with Crippen molar-refractivity contribution in [3.05, 3.63) is 47.8 Å². The smallest absolute Gasteiger partial charge is 0.322 e. The van der Waals surface area contributed by atoms with Crippen LogP contribution in [0.25, 0.3) is 11.0 Å². The quantitative estimate of drug-likeness (QED) is 0.491. The molecule has 3 rings (SSSR count). The van der Waals surface area contributed by atoms with Gasteiger partial charge in [-0.3, -0.25) is 9.97 Å². The molecule has 0 aliphatic rings. The van der Waals surface area contributed by atoms with Crippen molar-refractivity contribution in [1.29, 1.82) is 0 Å². The van der Waals surface area contributed by atoms with Crippen LogP contribution in [0.2, 0.25) is 0 Å². The topological polar surface area (TPSA) is 83.1 Å². The summed E-state index contributed by atoms with van der Waals surface area (Å²) in [4.78, 5) is 11.0. The first-order valence-electron chi connectivity index (χ1n) is 10.1. The highest BCUT2D eigenvalue weighted by atomic mass is 32.2. The molecule has 1 N–H and O–H groups in total. The summed E-state index contributed by atoms with van der Waals surface area (Å²) >= 11 is -2.36. The Labute approximate surface area is 156 Å². The lowest BCUT2D eigenvalue weighted by Gasteiger charge is -2.12. The SMILES string of the molecule is [2H]C([2H])([2H])c1c(OCCCOC)ccnc1C([2H])([2H])[S+]([O-])c1nc2ccccc2[nH]1. The minimum atomic E-state index is -2.73. The summed E-state index contributed by atoms with van der Waals surface area (Å²) in [5.41, 5.74) is -2.39. The van der Waals surface area contributed by atoms with Gasteiger partial charge in [0.15, 0.2) is 5.70 Å². The van der Waals surface area contributed by atoms with Gasteiger partial charge in [-0.15, -0.1) is 0 Å². The maximum Gasteiger partial charge on any atom is 0.322 e. The van der Waals surface area contributed by atoms with Gasteiger partial charge in [-0.25, -0.2) is 0 Å². The predicted molar refractivity (Wildman–Crippen MR) is 97.2 cm³/mol. The van der Waals surface area contributed by atoms with E-state index in [1.54, 1.807) is 31.4 Å². The number of nitrogens with one attached hydrogen (secondary N) is 1. The van der Waals surface area contributed by atoms with E-state index < -0.39 is 35.0 Å². The number of imidazole rings is 1. The van der Waals surface area contributed by atoms with Crippen LogP contribution in [0.4, 0.5) is 0 Å². The fourth-order valence-electron chi connectivity index (χ4n) is 2.18. The predicted octanol–water partition coefficient (Wildman–Crippen LogP) is 2.99. The number of hydrogen-bond donors (Lipinski definition) is 1. The van der Waals surface area contributed by atoms with Crippen molar-refractivity contribution in [1.82, 2.24) is 15.0 Å². The molecule has 0 amide bonds. The van der Waals surface area contributed by atoms with E-state index in [4.69, 9.17) is 16.3 Å². The number of nitrogens with zero attached hydrogens (tertiary/aromatic N) is 2. The minimum absolute atomic E-state index is 0.0263. The molecule has 132 valence electrons. The number of fused-ring (bicyclic) bond motifs is 1. The molecule has 0 saturated heterocycles. The Kier molecular flexibility index (Phi) is 4.10. The van der Waals surface area contributed by atoms with E-state index in [0.29, 0.717) is 24.1 Å².